The van der Waals surface area contributed by atoms with Crippen LogP contribution in [0.15, 0.2) is 0 Å². The number of unbranched alkanes of at least 4 members (excludes halogenated alkanes) is 1. The maximum atomic E-state index is 10.8. The van der Waals surface area contributed by atoms with Crippen LogP contribution in [0.5, 0.6) is 0 Å². The Morgan fingerprint density at radius 2 is 1.93 bits per heavy atom. The van der Waals surface area contributed by atoms with Gasteiger partial charge in [0.05, 0.1) is 6.61 Å². The molecule has 0 unspecified atom stereocenters. The molecule has 90 valence electrons. The Hall–Kier alpha value is -0.810. The van der Waals surface area contributed by atoms with Crippen molar-refractivity contribution in [2.45, 2.75) is 52.6 Å². The Morgan fingerprint density at radius 1 is 1.27 bits per heavy atom. The number of ether oxygens (including phenoxy) is 1. The van der Waals surface area contributed by atoms with Gasteiger partial charge in [-0.3, -0.25) is 0 Å². The molecule has 0 atom stereocenters. The molecule has 0 radical (unpaired) electrons. The smallest absolute Gasteiger partial charge is 0.432 e. The van der Waals surface area contributed by atoms with Crippen molar-refractivity contribution < 1.29 is 24.3 Å². The van der Waals surface area contributed by atoms with E-state index in [1.165, 1.54) is 0 Å². The molecule has 0 aliphatic carbocycles. The van der Waals surface area contributed by atoms with Crippen molar-refractivity contribution in [3.05, 3.63) is 0 Å². The van der Waals surface area contributed by atoms with E-state index in [9.17, 15) is 4.79 Å². The van der Waals surface area contributed by atoms with E-state index >= 15 is 0 Å². The predicted molar refractivity (Wildman–Crippen MR) is 53.9 cm³/mol. The van der Waals surface area contributed by atoms with Gasteiger partial charge in [0.1, 0.15) is 5.60 Å². The fourth-order valence-electron chi connectivity index (χ4n) is 0.520. The third-order valence-corrected chi connectivity index (χ3v) is 1.93. The fourth-order valence-corrected chi connectivity index (χ4v) is 0.520. The molecule has 0 N–H and O–H groups in total. The summed E-state index contributed by atoms with van der Waals surface area (Å²) in [5, 5.41) is 4.31. The SMILES string of the molecule is CCCCOC(=O)OOOC(C)(C)CC. The van der Waals surface area contributed by atoms with Crippen LogP contribution < -0.4 is 0 Å². The lowest BCUT2D eigenvalue weighted by Crippen LogP contribution is -2.24. The summed E-state index contributed by atoms with van der Waals surface area (Å²) >= 11 is 0. The van der Waals surface area contributed by atoms with Crippen LogP contribution in [-0.4, -0.2) is 18.4 Å². The van der Waals surface area contributed by atoms with E-state index in [0.29, 0.717) is 6.61 Å². The molecule has 0 rings (SSSR count). The normalized spacial score (nSPS) is 11.2. The summed E-state index contributed by atoms with van der Waals surface area (Å²) in [6, 6.07) is 0. The molecule has 0 saturated heterocycles. The van der Waals surface area contributed by atoms with Gasteiger partial charge in [0, 0.05) is 0 Å². The molecule has 5 heteroatoms. The Labute approximate surface area is 90.5 Å². The summed E-state index contributed by atoms with van der Waals surface area (Å²) in [6.45, 7) is 7.90. The van der Waals surface area contributed by atoms with Gasteiger partial charge in [0.25, 0.3) is 0 Å². The summed E-state index contributed by atoms with van der Waals surface area (Å²) in [5.74, 6) is 0. The van der Waals surface area contributed by atoms with E-state index in [0.717, 1.165) is 19.3 Å². The first-order valence-corrected chi connectivity index (χ1v) is 5.21. The van der Waals surface area contributed by atoms with E-state index in [2.05, 4.69) is 14.7 Å². The van der Waals surface area contributed by atoms with Gasteiger partial charge >= 0.3 is 6.16 Å². The molecular weight excluding hydrogens is 200 g/mol. The van der Waals surface area contributed by atoms with E-state index < -0.39 is 11.8 Å². The molecule has 0 saturated carbocycles. The molecule has 0 heterocycles. The van der Waals surface area contributed by atoms with Gasteiger partial charge in [0.15, 0.2) is 0 Å². The lowest BCUT2D eigenvalue weighted by molar-refractivity contribution is -0.517. The molecular formula is C10H20O5. The second-order valence-electron chi connectivity index (χ2n) is 3.80. The summed E-state index contributed by atoms with van der Waals surface area (Å²) in [6.07, 6.45) is 1.61. The Morgan fingerprint density at radius 3 is 2.47 bits per heavy atom. The minimum Gasteiger partial charge on any atom is -0.432 e. The third kappa shape index (κ3) is 8.20. The van der Waals surface area contributed by atoms with Crippen LogP contribution in [0.3, 0.4) is 0 Å². The van der Waals surface area contributed by atoms with E-state index in [4.69, 9.17) is 4.89 Å². The third-order valence-electron chi connectivity index (χ3n) is 1.93. The number of hydrogen-bond acceptors (Lipinski definition) is 5. The maximum Gasteiger partial charge on any atom is 0.542 e. The topological polar surface area (TPSA) is 54.0 Å². The van der Waals surface area contributed by atoms with Crippen LogP contribution in [0, 0.1) is 0 Å². The van der Waals surface area contributed by atoms with Crippen molar-refractivity contribution in [2.24, 2.45) is 0 Å². The van der Waals surface area contributed by atoms with Gasteiger partial charge in [0.2, 0.25) is 0 Å². The largest absolute Gasteiger partial charge is 0.542 e. The van der Waals surface area contributed by atoms with Crippen molar-refractivity contribution in [3.63, 3.8) is 0 Å². The number of hydrogen-bond donors (Lipinski definition) is 0. The maximum absolute atomic E-state index is 10.8. The molecule has 0 aromatic carbocycles. The van der Waals surface area contributed by atoms with Crippen molar-refractivity contribution in [1.82, 2.24) is 0 Å². The highest BCUT2D eigenvalue weighted by Gasteiger charge is 2.18. The van der Waals surface area contributed by atoms with Crippen molar-refractivity contribution in [3.8, 4) is 0 Å². The Bertz CT molecular complexity index is 179. The van der Waals surface area contributed by atoms with Crippen LogP contribution >= 0.6 is 0 Å². The van der Waals surface area contributed by atoms with Crippen molar-refractivity contribution in [1.29, 1.82) is 0 Å². The molecule has 0 aliphatic heterocycles. The van der Waals surface area contributed by atoms with E-state index in [-0.39, 0.29) is 0 Å². The number of carbonyl (C=O) groups is 1. The molecule has 0 aliphatic rings. The van der Waals surface area contributed by atoms with Crippen LogP contribution in [0.4, 0.5) is 4.79 Å². The Balaban J connectivity index is 3.46. The summed E-state index contributed by atoms with van der Waals surface area (Å²) in [7, 11) is 0. The monoisotopic (exact) mass is 220 g/mol. The quantitative estimate of drug-likeness (QED) is 0.286. The van der Waals surface area contributed by atoms with Gasteiger partial charge < -0.3 is 4.74 Å². The number of carbonyl (C=O) groups excluding carboxylic acids is 1. The van der Waals surface area contributed by atoms with Crippen LogP contribution in [-0.2, 0) is 19.6 Å². The van der Waals surface area contributed by atoms with Crippen LogP contribution in [0.1, 0.15) is 47.0 Å². The highest BCUT2D eigenvalue weighted by atomic mass is 17.5. The molecule has 0 spiro atoms. The summed E-state index contributed by atoms with van der Waals surface area (Å²) in [5.41, 5.74) is -0.482. The minimum atomic E-state index is -0.879. The minimum absolute atomic E-state index is 0.329. The predicted octanol–water partition coefficient (Wildman–Crippen LogP) is 2.99. The van der Waals surface area contributed by atoms with Crippen molar-refractivity contribution >= 4 is 6.16 Å². The van der Waals surface area contributed by atoms with Crippen LogP contribution in [0.25, 0.3) is 0 Å². The van der Waals surface area contributed by atoms with Gasteiger partial charge in [-0.1, -0.05) is 20.3 Å². The van der Waals surface area contributed by atoms with Gasteiger partial charge in [-0.05, 0) is 31.7 Å². The molecule has 0 fully saturated rings. The molecule has 0 bridgehead atoms. The second-order valence-corrected chi connectivity index (χ2v) is 3.80. The molecule has 5 nitrogen and oxygen atoms in total. The second kappa shape index (κ2) is 7.48. The summed E-state index contributed by atoms with van der Waals surface area (Å²) < 4.78 is 4.66. The molecule has 0 aromatic rings. The zero-order valence-corrected chi connectivity index (χ0v) is 9.87. The van der Waals surface area contributed by atoms with E-state index in [1.54, 1.807) is 0 Å². The highest BCUT2D eigenvalue weighted by molar-refractivity contribution is 5.58. The zero-order valence-electron chi connectivity index (χ0n) is 9.87. The van der Waals surface area contributed by atoms with Crippen molar-refractivity contribution in [2.75, 3.05) is 6.61 Å². The number of rotatable bonds is 7. The molecule has 0 aromatic heterocycles. The lowest BCUT2D eigenvalue weighted by atomic mass is 10.1. The average molecular weight is 220 g/mol. The Kier molecular flexibility index (Phi) is 7.07. The molecule has 15 heavy (non-hydrogen) atoms. The first-order chi connectivity index (χ1) is 7.02. The lowest BCUT2D eigenvalue weighted by Gasteiger charge is -2.19. The fraction of sp³-hybridized carbons (Fsp3) is 0.900. The first-order valence-electron chi connectivity index (χ1n) is 5.21. The van der Waals surface area contributed by atoms with Gasteiger partial charge in [-0.2, -0.15) is 4.89 Å². The zero-order chi connectivity index (χ0) is 11.7. The van der Waals surface area contributed by atoms with Crippen LogP contribution in [0.2, 0.25) is 0 Å². The van der Waals surface area contributed by atoms with Gasteiger partial charge in [-0.25, -0.2) is 9.68 Å². The standard InChI is InChI=1S/C10H20O5/c1-5-7-8-12-9(11)13-15-14-10(3,4)6-2/h5-8H2,1-4H3. The average Bonchev–Trinajstić information content (AvgIpc) is 2.18. The molecule has 0 amide bonds. The van der Waals surface area contributed by atoms with Gasteiger partial charge in [-0.15, -0.1) is 0 Å². The summed E-state index contributed by atoms with van der Waals surface area (Å²) in [4.78, 5) is 19.9. The highest BCUT2D eigenvalue weighted by Crippen LogP contribution is 2.13. The van der Waals surface area contributed by atoms with E-state index in [1.807, 2.05) is 27.7 Å². The first kappa shape index (κ1) is 14.2.